The van der Waals surface area contributed by atoms with Crippen molar-refractivity contribution in [2.75, 3.05) is 19.8 Å². The number of amides is 1. The summed E-state index contributed by atoms with van der Waals surface area (Å²) in [4.78, 5) is 24.7. The second kappa shape index (κ2) is 8.12. The van der Waals surface area contributed by atoms with Crippen molar-refractivity contribution < 1.29 is 24.2 Å². The highest BCUT2D eigenvalue weighted by molar-refractivity contribution is 5.90. The smallest absolute Gasteiger partial charge is 0.328 e. The molecule has 1 aromatic rings. The van der Waals surface area contributed by atoms with Gasteiger partial charge < -0.3 is 25.6 Å². The molecule has 0 aliphatic carbocycles. The molecule has 0 bridgehead atoms. The van der Waals surface area contributed by atoms with Gasteiger partial charge in [-0.05, 0) is 37.5 Å². The van der Waals surface area contributed by atoms with Gasteiger partial charge in [0.2, 0.25) is 5.91 Å². The minimum Gasteiger partial charge on any atom is -0.508 e. The summed E-state index contributed by atoms with van der Waals surface area (Å²) in [6, 6.07) is 5.62. The van der Waals surface area contributed by atoms with Crippen molar-refractivity contribution in [2.45, 2.75) is 37.8 Å². The van der Waals surface area contributed by atoms with Crippen molar-refractivity contribution in [3.05, 3.63) is 29.8 Å². The number of nitrogens with one attached hydrogen (secondary N) is 1. The first-order chi connectivity index (χ1) is 11.4. The van der Waals surface area contributed by atoms with Crippen molar-refractivity contribution >= 4 is 11.9 Å². The van der Waals surface area contributed by atoms with Crippen LogP contribution in [0.15, 0.2) is 24.3 Å². The standard InChI is InChI=1S/C17H24N2O5/c1-2-24-15(21)14(11-12-3-5-13(20)6-4-12)19-16(22)17(18)7-9-23-10-8-17/h3-6,14,20H,2,7-11,18H2,1H3,(H,19,22)/t14-/m0/s1. The lowest BCUT2D eigenvalue weighted by Crippen LogP contribution is -2.60. The van der Waals surface area contributed by atoms with E-state index in [1.807, 2.05) is 0 Å². The number of carbonyl (C=O) groups is 2. The molecule has 1 fully saturated rings. The number of hydrogen-bond acceptors (Lipinski definition) is 6. The van der Waals surface area contributed by atoms with Gasteiger partial charge in [-0.2, -0.15) is 0 Å². The maximum atomic E-state index is 12.5. The molecule has 0 radical (unpaired) electrons. The molecule has 1 amide bonds. The second-order valence-corrected chi connectivity index (χ2v) is 5.92. The van der Waals surface area contributed by atoms with Gasteiger partial charge in [0.15, 0.2) is 0 Å². The molecule has 0 aromatic heterocycles. The Kier molecular flexibility index (Phi) is 6.16. The minimum absolute atomic E-state index is 0.138. The van der Waals surface area contributed by atoms with E-state index in [2.05, 4.69) is 5.32 Å². The summed E-state index contributed by atoms with van der Waals surface area (Å²) in [6.45, 7) is 2.78. The molecular weight excluding hydrogens is 312 g/mol. The lowest BCUT2D eigenvalue weighted by molar-refractivity contribution is -0.148. The van der Waals surface area contributed by atoms with Crippen LogP contribution in [0.5, 0.6) is 5.75 Å². The van der Waals surface area contributed by atoms with Crippen LogP contribution in [0.25, 0.3) is 0 Å². The van der Waals surface area contributed by atoms with Crippen LogP contribution in [0.4, 0.5) is 0 Å². The Labute approximate surface area is 141 Å². The van der Waals surface area contributed by atoms with Crippen LogP contribution in [0, 0.1) is 0 Å². The number of hydrogen-bond donors (Lipinski definition) is 3. The van der Waals surface area contributed by atoms with Gasteiger partial charge >= 0.3 is 5.97 Å². The van der Waals surface area contributed by atoms with Crippen molar-refractivity contribution in [2.24, 2.45) is 5.73 Å². The largest absolute Gasteiger partial charge is 0.508 e. The fourth-order valence-corrected chi connectivity index (χ4v) is 2.57. The summed E-state index contributed by atoms with van der Waals surface area (Å²) >= 11 is 0. The molecule has 1 heterocycles. The zero-order chi connectivity index (χ0) is 17.6. The topological polar surface area (TPSA) is 111 Å². The Hall–Kier alpha value is -2.12. The fraction of sp³-hybridized carbons (Fsp3) is 0.529. The monoisotopic (exact) mass is 336 g/mol. The van der Waals surface area contributed by atoms with Gasteiger partial charge in [0.1, 0.15) is 11.8 Å². The third kappa shape index (κ3) is 4.69. The summed E-state index contributed by atoms with van der Waals surface area (Å²) in [7, 11) is 0. The summed E-state index contributed by atoms with van der Waals surface area (Å²) in [5, 5.41) is 12.1. The average Bonchev–Trinajstić information content (AvgIpc) is 2.57. The molecular formula is C17H24N2O5. The summed E-state index contributed by atoms with van der Waals surface area (Å²) in [6.07, 6.45) is 1.08. The molecule has 24 heavy (non-hydrogen) atoms. The lowest BCUT2D eigenvalue weighted by Gasteiger charge is -2.33. The molecule has 1 saturated heterocycles. The van der Waals surface area contributed by atoms with Gasteiger partial charge in [-0.25, -0.2) is 4.79 Å². The Morgan fingerprint density at radius 3 is 2.54 bits per heavy atom. The van der Waals surface area contributed by atoms with E-state index in [0.717, 1.165) is 5.56 Å². The van der Waals surface area contributed by atoms with E-state index in [1.165, 1.54) is 12.1 Å². The molecule has 4 N–H and O–H groups in total. The number of phenols is 1. The average molecular weight is 336 g/mol. The van der Waals surface area contributed by atoms with Crippen molar-refractivity contribution in [3.63, 3.8) is 0 Å². The van der Waals surface area contributed by atoms with E-state index in [-0.39, 0.29) is 24.7 Å². The number of rotatable bonds is 6. The number of aromatic hydroxyl groups is 1. The first kappa shape index (κ1) is 18.2. The number of esters is 1. The molecule has 7 nitrogen and oxygen atoms in total. The molecule has 0 spiro atoms. The van der Waals surface area contributed by atoms with Crippen LogP contribution in [0.1, 0.15) is 25.3 Å². The molecule has 1 aromatic carbocycles. The highest BCUT2D eigenvalue weighted by atomic mass is 16.5. The van der Waals surface area contributed by atoms with Gasteiger partial charge in [-0.1, -0.05) is 12.1 Å². The SMILES string of the molecule is CCOC(=O)[C@H](Cc1ccc(O)cc1)NC(=O)C1(N)CCOCC1. The Morgan fingerprint density at radius 2 is 1.96 bits per heavy atom. The van der Waals surface area contributed by atoms with Crippen LogP contribution in [0.2, 0.25) is 0 Å². The Morgan fingerprint density at radius 1 is 1.33 bits per heavy atom. The maximum absolute atomic E-state index is 12.5. The van der Waals surface area contributed by atoms with Crippen LogP contribution in [0.3, 0.4) is 0 Å². The van der Waals surface area contributed by atoms with E-state index in [4.69, 9.17) is 15.2 Å². The minimum atomic E-state index is -1.03. The van der Waals surface area contributed by atoms with Gasteiger partial charge in [0, 0.05) is 19.6 Å². The van der Waals surface area contributed by atoms with E-state index in [1.54, 1.807) is 19.1 Å². The van der Waals surface area contributed by atoms with E-state index in [0.29, 0.717) is 26.1 Å². The number of nitrogens with two attached hydrogens (primary N) is 1. The fourth-order valence-electron chi connectivity index (χ4n) is 2.57. The number of carbonyl (C=O) groups excluding carboxylic acids is 2. The van der Waals surface area contributed by atoms with Crippen LogP contribution < -0.4 is 11.1 Å². The Balaban J connectivity index is 2.09. The number of benzene rings is 1. The molecule has 0 saturated carbocycles. The highest BCUT2D eigenvalue weighted by Gasteiger charge is 2.38. The van der Waals surface area contributed by atoms with E-state index in [9.17, 15) is 14.7 Å². The molecule has 1 aliphatic rings. The van der Waals surface area contributed by atoms with Gasteiger partial charge in [0.05, 0.1) is 12.1 Å². The predicted octanol–water partition coefficient (Wildman–Crippen LogP) is 0.490. The van der Waals surface area contributed by atoms with Crippen molar-refractivity contribution in [1.29, 1.82) is 0 Å². The maximum Gasteiger partial charge on any atom is 0.328 e. The van der Waals surface area contributed by atoms with Gasteiger partial charge in [-0.15, -0.1) is 0 Å². The quantitative estimate of drug-likeness (QED) is 0.652. The van der Waals surface area contributed by atoms with E-state index >= 15 is 0 Å². The molecule has 1 aliphatic heterocycles. The van der Waals surface area contributed by atoms with Crippen LogP contribution in [-0.2, 0) is 25.5 Å². The van der Waals surface area contributed by atoms with Crippen molar-refractivity contribution in [1.82, 2.24) is 5.32 Å². The Bertz CT molecular complexity index is 567. The second-order valence-electron chi connectivity index (χ2n) is 5.92. The lowest BCUT2D eigenvalue weighted by atomic mass is 9.90. The van der Waals surface area contributed by atoms with Gasteiger partial charge in [-0.3, -0.25) is 4.79 Å². The first-order valence-corrected chi connectivity index (χ1v) is 8.07. The first-order valence-electron chi connectivity index (χ1n) is 8.07. The van der Waals surface area contributed by atoms with Crippen molar-refractivity contribution in [3.8, 4) is 5.75 Å². The number of ether oxygens (including phenoxy) is 2. The zero-order valence-electron chi connectivity index (χ0n) is 13.8. The zero-order valence-corrected chi connectivity index (χ0v) is 13.8. The summed E-state index contributed by atoms with van der Waals surface area (Å²) in [5.74, 6) is -0.740. The third-order valence-electron chi connectivity index (χ3n) is 4.09. The molecule has 2 rings (SSSR count). The number of phenolic OH excluding ortho intramolecular Hbond substituents is 1. The summed E-state index contributed by atoms with van der Waals surface area (Å²) in [5.41, 5.74) is 5.93. The van der Waals surface area contributed by atoms with Crippen LogP contribution in [-0.4, -0.2) is 48.4 Å². The third-order valence-corrected chi connectivity index (χ3v) is 4.09. The normalized spacial score (nSPS) is 17.8. The predicted molar refractivity (Wildman–Crippen MR) is 87.3 cm³/mol. The summed E-state index contributed by atoms with van der Waals surface area (Å²) < 4.78 is 10.3. The van der Waals surface area contributed by atoms with E-state index < -0.39 is 17.6 Å². The highest BCUT2D eigenvalue weighted by Crippen LogP contribution is 2.19. The molecule has 1 atom stereocenters. The van der Waals surface area contributed by atoms with Crippen LogP contribution >= 0.6 is 0 Å². The molecule has 0 unspecified atom stereocenters. The molecule has 132 valence electrons. The molecule has 7 heteroatoms. The van der Waals surface area contributed by atoms with Gasteiger partial charge in [0.25, 0.3) is 0 Å².